The number of allylic oxidation sites excluding steroid dienone is 4. The number of rotatable bonds is 16. The van der Waals surface area contributed by atoms with Crippen LogP contribution in [0.5, 0.6) is 0 Å². The van der Waals surface area contributed by atoms with Crippen LogP contribution in [0.2, 0.25) is 0 Å². The molecule has 0 spiro atoms. The molecule has 0 fully saturated rings. The van der Waals surface area contributed by atoms with Crippen LogP contribution in [-0.4, -0.2) is 36.5 Å². The van der Waals surface area contributed by atoms with E-state index in [4.69, 9.17) is 0 Å². The fourth-order valence-corrected chi connectivity index (χ4v) is 18.1. The molecule has 0 N–H and O–H groups in total. The molecular weight excluding hydrogens is 1430 g/mol. The van der Waals surface area contributed by atoms with Crippen molar-refractivity contribution in [3.05, 3.63) is 440 Å². The van der Waals surface area contributed by atoms with E-state index in [0.29, 0.717) is 22.7 Å². The van der Waals surface area contributed by atoms with Crippen LogP contribution in [0.4, 0.5) is 28.4 Å². The second-order valence-electron chi connectivity index (χ2n) is 29.7. The summed E-state index contributed by atoms with van der Waals surface area (Å²) in [6, 6.07) is 135. The Morgan fingerprint density at radius 3 is 0.675 bits per heavy atom. The standard InChI is InChI=1S/C105H72N10O2/c1-3-71(45-44-70(2)106-92-32-12-4-24-84(92)85-25-5-13-33-93(85)106)107(72-46-56-77(57-47-72)109-94-34-14-6-26-86(94)87-27-7-15-35-95(87)109)73-52-62-80(63-53-73)112-100-40-20-22-42-102(100)114(104(112)116)82-66-68-83(69-67-82)115-103-43-23-21-41-101(103)113(105(115)117)81-64-54-76(55-65-81)108(74-48-58-78(59-49-74)110-96-36-16-8-28-88(96)89-29-9-17-37-97(89)110)75-50-60-79(61-51-75)111-98-38-18-10-30-90(98)91-31-11-19-39-99(91)111/h3-69H,1H2,2H3/b70-44+,71-45+. The Kier molecular flexibility index (Phi) is 16.0. The number of benzene rings is 16. The van der Waals surface area contributed by atoms with Crippen LogP contribution in [0, 0.1) is 0 Å². The monoisotopic (exact) mass is 1500 g/mol. The van der Waals surface area contributed by atoms with Crippen LogP contribution in [0.1, 0.15) is 6.92 Å². The second kappa shape index (κ2) is 27.5. The summed E-state index contributed by atoms with van der Waals surface area (Å²) in [5, 5.41) is 9.63. The van der Waals surface area contributed by atoms with Gasteiger partial charge in [-0.1, -0.05) is 176 Å². The maximum Gasteiger partial charge on any atom is 0.338 e. The van der Waals surface area contributed by atoms with Gasteiger partial charge >= 0.3 is 11.4 Å². The van der Waals surface area contributed by atoms with Crippen LogP contribution in [0.3, 0.4) is 0 Å². The van der Waals surface area contributed by atoms with E-state index in [9.17, 15) is 0 Å². The van der Waals surface area contributed by atoms with Gasteiger partial charge in [0, 0.05) is 100.0 Å². The maximum absolute atomic E-state index is 15.5. The molecule has 0 radical (unpaired) electrons. The number of imidazole rings is 2. The Hall–Kier alpha value is -15.9. The Labute approximate surface area is 672 Å². The zero-order chi connectivity index (χ0) is 77.9. The van der Waals surface area contributed by atoms with Crippen LogP contribution >= 0.6 is 0 Å². The van der Waals surface area contributed by atoms with Gasteiger partial charge in [0.1, 0.15) is 0 Å². The summed E-state index contributed by atoms with van der Waals surface area (Å²) in [6.07, 6.45) is 6.20. The first-order valence-corrected chi connectivity index (χ1v) is 39.4. The van der Waals surface area contributed by atoms with E-state index < -0.39 is 0 Å². The summed E-state index contributed by atoms with van der Waals surface area (Å²) in [6.45, 7) is 6.58. The van der Waals surface area contributed by atoms with E-state index in [1.165, 1.54) is 43.1 Å². The smallest absolute Gasteiger partial charge is 0.313 e. The molecule has 6 aromatic heterocycles. The van der Waals surface area contributed by atoms with Crippen LogP contribution < -0.4 is 21.2 Å². The topological polar surface area (TPSA) is 80.1 Å². The third kappa shape index (κ3) is 10.9. The summed E-state index contributed by atoms with van der Waals surface area (Å²) in [7, 11) is 0. The molecule has 16 aromatic carbocycles. The van der Waals surface area contributed by atoms with E-state index in [1.807, 2.05) is 103 Å². The molecule has 22 rings (SSSR count). The normalized spacial score (nSPS) is 12.2. The van der Waals surface area contributed by atoms with Gasteiger partial charge in [0.15, 0.2) is 0 Å². The molecule has 0 aliphatic rings. The van der Waals surface area contributed by atoms with Gasteiger partial charge in [-0.05, 0) is 244 Å². The predicted molar refractivity (Wildman–Crippen MR) is 485 cm³/mol. The van der Waals surface area contributed by atoms with E-state index in [1.54, 1.807) is 18.3 Å². The van der Waals surface area contributed by atoms with Crippen molar-refractivity contribution in [3.63, 3.8) is 0 Å². The highest BCUT2D eigenvalue weighted by atomic mass is 16.2. The average Bonchev–Trinajstić information content (AvgIpc) is 1.29. The van der Waals surface area contributed by atoms with Gasteiger partial charge in [0.2, 0.25) is 0 Å². The molecule has 0 bridgehead atoms. The summed E-state index contributed by atoms with van der Waals surface area (Å²) in [4.78, 5) is 35.4. The lowest BCUT2D eigenvalue weighted by atomic mass is 10.1. The Bertz CT molecular complexity index is 7560. The maximum atomic E-state index is 15.5. The molecule has 0 aliphatic carbocycles. The van der Waals surface area contributed by atoms with Crippen molar-refractivity contribution in [2.45, 2.75) is 6.92 Å². The fourth-order valence-electron chi connectivity index (χ4n) is 18.1. The number of para-hydroxylation sites is 12. The van der Waals surface area contributed by atoms with E-state index >= 15 is 9.59 Å². The summed E-state index contributed by atoms with van der Waals surface area (Å²) < 4.78 is 16.4. The number of fused-ring (bicyclic) bond motifs is 14. The summed E-state index contributed by atoms with van der Waals surface area (Å²) in [5.74, 6) is 0. The third-order valence-electron chi connectivity index (χ3n) is 23.3. The van der Waals surface area contributed by atoms with E-state index in [0.717, 1.165) is 123 Å². The van der Waals surface area contributed by atoms with Gasteiger partial charge < -0.3 is 28.1 Å². The second-order valence-corrected chi connectivity index (χ2v) is 29.7. The van der Waals surface area contributed by atoms with Gasteiger partial charge in [-0.25, -0.2) is 9.59 Å². The van der Waals surface area contributed by atoms with Gasteiger partial charge in [-0.15, -0.1) is 0 Å². The van der Waals surface area contributed by atoms with Crippen LogP contribution in [0.25, 0.3) is 155 Å². The first-order valence-electron chi connectivity index (χ1n) is 39.4. The molecule has 0 amide bonds. The average molecular weight is 1510 g/mol. The molecule has 117 heavy (non-hydrogen) atoms. The van der Waals surface area contributed by atoms with Crippen molar-refractivity contribution in [1.82, 2.24) is 36.5 Å². The van der Waals surface area contributed by atoms with Gasteiger partial charge in [0.05, 0.1) is 88.9 Å². The highest BCUT2D eigenvalue weighted by molar-refractivity contribution is 6.13. The minimum atomic E-state index is -0.241. The first-order chi connectivity index (χ1) is 57.8. The number of hydrogen-bond acceptors (Lipinski definition) is 4. The molecule has 12 nitrogen and oxygen atoms in total. The molecule has 0 unspecified atom stereocenters. The van der Waals surface area contributed by atoms with Crippen molar-refractivity contribution in [2.24, 2.45) is 0 Å². The number of nitrogens with zero attached hydrogens (tertiary/aromatic N) is 10. The number of aromatic nitrogens is 8. The van der Waals surface area contributed by atoms with E-state index in [2.05, 4.69) is 345 Å². The lowest BCUT2D eigenvalue weighted by molar-refractivity contribution is 0.919. The molecule has 0 saturated carbocycles. The van der Waals surface area contributed by atoms with Crippen molar-refractivity contribution >= 4 is 143 Å². The molecule has 554 valence electrons. The van der Waals surface area contributed by atoms with Gasteiger partial charge in [0.25, 0.3) is 0 Å². The summed E-state index contributed by atoms with van der Waals surface area (Å²) >= 11 is 0. The Morgan fingerprint density at radius 1 is 0.231 bits per heavy atom. The fraction of sp³-hybridized carbons (Fsp3) is 0.00952. The van der Waals surface area contributed by atoms with Gasteiger partial charge in [-0.3, -0.25) is 18.3 Å². The number of hydrogen-bond donors (Lipinski definition) is 0. The van der Waals surface area contributed by atoms with E-state index in [-0.39, 0.29) is 11.4 Å². The largest absolute Gasteiger partial charge is 0.338 e. The Balaban J connectivity index is 0.597. The van der Waals surface area contributed by atoms with Gasteiger partial charge in [-0.2, -0.15) is 0 Å². The third-order valence-corrected chi connectivity index (χ3v) is 23.3. The summed E-state index contributed by atoms with van der Waals surface area (Å²) in [5.41, 5.74) is 24.0. The zero-order valence-electron chi connectivity index (χ0n) is 63.7. The SMILES string of the molecule is C=C/C(=C\C=C(/C)n1c2ccccc2c2ccccc21)N(c1ccc(-n2c(=O)n(-c3ccc(-n4c(=O)n(-c5ccc(N(c6ccc(-n7c8ccccc8c8ccccc87)cc6)c6ccc(-n7c8ccccc8c8ccccc87)cc6)cc5)c5ccccc54)cc3)c3ccccc32)cc1)c1ccc(-n2c3ccccc3c3ccccc32)cc1. The van der Waals surface area contributed by atoms with Crippen molar-refractivity contribution in [1.29, 1.82) is 0 Å². The molecule has 0 aliphatic heterocycles. The van der Waals surface area contributed by atoms with Crippen molar-refractivity contribution in [2.75, 3.05) is 9.80 Å². The highest BCUT2D eigenvalue weighted by Crippen LogP contribution is 2.42. The van der Waals surface area contributed by atoms with Crippen LogP contribution in [-0.2, 0) is 0 Å². The molecule has 22 aromatic rings. The molecule has 12 heteroatoms. The van der Waals surface area contributed by atoms with Crippen molar-refractivity contribution < 1.29 is 0 Å². The molecule has 6 heterocycles. The molecular formula is C105H72N10O2. The first kappa shape index (κ1) is 67.9. The Morgan fingerprint density at radius 2 is 0.427 bits per heavy atom. The molecule has 0 saturated heterocycles. The lowest BCUT2D eigenvalue weighted by Crippen LogP contribution is -2.23. The highest BCUT2D eigenvalue weighted by Gasteiger charge is 2.24. The minimum Gasteiger partial charge on any atom is -0.313 e. The van der Waals surface area contributed by atoms with Crippen LogP contribution in [0.15, 0.2) is 428 Å². The molecule has 0 atom stereocenters. The minimum absolute atomic E-state index is 0.233. The zero-order valence-corrected chi connectivity index (χ0v) is 63.7. The predicted octanol–water partition coefficient (Wildman–Crippen LogP) is 25.5. The van der Waals surface area contributed by atoms with Crippen molar-refractivity contribution in [3.8, 4) is 39.8 Å². The number of anilines is 5. The lowest BCUT2D eigenvalue weighted by Gasteiger charge is -2.27. The quantitative estimate of drug-likeness (QED) is 0.0903.